The summed E-state index contributed by atoms with van der Waals surface area (Å²) in [5.41, 5.74) is 1.44. The predicted molar refractivity (Wildman–Crippen MR) is 86.1 cm³/mol. The fraction of sp³-hybridized carbons (Fsp3) is 0.375. The molecular formula is C16H19ClN2O2. The molecule has 0 unspecified atom stereocenters. The molecular weight excluding hydrogens is 288 g/mol. The normalized spacial score (nSPS) is 15.8. The summed E-state index contributed by atoms with van der Waals surface area (Å²) in [6, 6.07) is 5.18. The molecule has 1 amide bonds. The van der Waals surface area contributed by atoms with Gasteiger partial charge in [-0.2, -0.15) is 0 Å². The molecule has 0 atom stereocenters. The first-order chi connectivity index (χ1) is 10.2. The highest BCUT2D eigenvalue weighted by atomic mass is 35.5. The van der Waals surface area contributed by atoms with Crippen LogP contribution in [0.15, 0.2) is 29.3 Å². The van der Waals surface area contributed by atoms with E-state index in [4.69, 9.17) is 16.3 Å². The zero-order valence-corrected chi connectivity index (χ0v) is 13.1. The van der Waals surface area contributed by atoms with Gasteiger partial charge < -0.3 is 9.64 Å². The second-order valence-corrected chi connectivity index (χ2v) is 5.20. The van der Waals surface area contributed by atoms with E-state index in [2.05, 4.69) is 4.99 Å². The van der Waals surface area contributed by atoms with E-state index in [1.807, 2.05) is 19.9 Å². The lowest BCUT2D eigenvalue weighted by Gasteiger charge is -2.17. The van der Waals surface area contributed by atoms with Crippen molar-refractivity contribution in [2.24, 2.45) is 4.99 Å². The molecule has 1 aliphatic heterocycles. The Morgan fingerprint density at radius 1 is 1.33 bits per heavy atom. The summed E-state index contributed by atoms with van der Waals surface area (Å²) in [5.74, 6) is 0.481. The minimum atomic E-state index is -0.313. The standard InChI is InChI=1S/C16H19ClN2O2/c1-3-14(18-4-2)13-11-12(17)7-8-15(13)21-16(20)19-9-5-6-10-19/h3-4,7-8,11H,5-6,9-10H2,1-2H3/b14-3-,18-4?. The van der Waals surface area contributed by atoms with Crippen LogP contribution in [-0.4, -0.2) is 30.3 Å². The number of halogens is 1. The first-order valence-corrected chi connectivity index (χ1v) is 7.45. The van der Waals surface area contributed by atoms with Crippen LogP contribution in [0.2, 0.25) is 5.02 Å². The largest absolute Gasteiger partial charge is 0.415 e. The zero-order chi connectivity index (χ0) is 15.2. The van der Waals surface area contributed by atoms with E-state index in [1.165, 1.54) is 0 Å². The molecule has 2 rings (SSSR count). The van der Waals surface area contributed by atoms with Gasteiger partial charge in [-0.15, -0.1) is 0 Å². The quantitative estimate of drug-likeness (QED) is 0.777. The molecule has 0 saturated carbocycles. The van der Waals surface area contributed by atoms with Gasteiger partial charge in [-0.1, -0.05) is 17.7 Å². The molecule has 0 aliphatic carbocycles. The summed E-state index contributed by atoms with van der Waals surface area (Å²) < 4.78 is 5.53. The van der Waals surface area contributed by atoms with Gasteiger partial charge in [0.05, 0.1) is 5.70 Å². The first-order valence-electron chi connectivity index (χ1n) is 7.07. The van der Waals surface area contributed by atoms with Crippen LogP contribution >= 0.6 is 11.6 Å². The molecule has 4 nitrogen and oxygen atoms in total. The Balaban J connectivity index is 2.28. The van der Waals surface area contributed by atoms with Crippen LogP contribution in [0.1, 0.15) is 32.3 Å². The van der Waals surface area contributed by atoms with Gasteiger partial charge in [-0.05, 0) is 44.9 Å². The highest BCUT2D eigenvalue weighted by Crippen LogP contribution is 2.30. The average Bonchev–Trinajstić information content (AvgIpc) is 3.01. The van der Waals surface area contributed by atoms with Crippen molar-refractivity contribution in [3.8, 4) is 5.75 Å². The molecule has 0 spiro atoms. The summed E-state index contributed by atoms with van der Waals surface area (Å²) in [4.78, 5) is 18.1. The van der Waals surface area contributed by atoms with E-state index >= 15 is 0 Å². The molecule has 5 heteroatoms. The predicted octanol–water partition coefficient (Wildman–Crippen LogP) is 4.39. The Kier molecular flexibility index (Phi) is 5.39. The smallest absolute Gasteiger partial charge is 0.409 e. The van der Waals surface area contributed by atoms with Gasteiger partial charge >= 0.3 is 6.09 Å². The Morgan fingerprint density at radius 3 is 2.67 bits per heavy atom. The molecule has 0 N–H and O–H groups in total. The van der Waals surface area contributed by atoms with Crippen LogP contribution in [0.4, 0.5) is 4.79 Å². The number of hydrogen-bond acceptors (Lipinski definition) is 3. The summed E-state index contributed by atoms with van der Waals surface area (Å²) in [6.45, 7) is 5.23. The van der Waals surface area contributed by atoms with E-state index in [1.54, 1.807) is 29.3 Å². The molecule has 1 aromatic carbocycles. The fourth-order valence-corrected chi connectivity index (χ4v) is 2.46. The van der Waals surface area contributed by atoms with Crippen LogP contribution in [0, 0.1) is 0 Å². The van der Waals surface area contributed by atoms with Crippen molar-refractivity contribution in [3.63, 3.8) is 0 Å². The number of rotatable bonds is 3. The lowest BCUT2D eigenvalue weighted by molar-refractivity contribution is 0.162. The third-order valence-corrected chi connectivity index (χ3v) is 3.56. The van der Waals surface area contributed by atoms with Gasteiger partial charge in [-0.3, -0.25) is 4.99 Å². The third kappa shape index (κ3) is 3.85. The summed E-state index contributed by atoms with van der Waals surface area (Å²) in [7, 11) is 0. The maximum absolute atomic E-state index is 12.1. The number of allylic oxidation sites excluding steroid dienone is 1. The molecule has 1 heterocycles. The number of nitrogens with zero attached hydrogens (tertiary/aromatic N) is 2. The van der Waals surface area contributed by atoms with Gasteiger partial charge in [0.25, 0.3) is 0 Å². The first kappa shape index (κ1) is 15.6. The lowest BCUT2D eigenvalue weighted by Crippen LogP contribution is -2.30. The third-order valence-electron chi connectivity index (χ3n) is 3.32. The maximum atomic E-state index is 12.1. The van der Waals surface area contributed by atoms with Crippen molar-refractivity contribution >= 4 is 29.6 Å². The average molecular weight is 307 g/mol. The number of hydrogen-bond donors (Lipinski definition) is 0. The topological polar surface area (TPSA) is 41.9 Å². The van der Waals surface area contributed by atoms with Crippen LogP contribution in [0.5, 0.6) is 5.75 Å². The number of aliphatic imine (C=N–C) groups is 1. The van der Waals surface area contributed by atoms with E-state index in [9.17, 15) is 4.79 Å². The molecule has 0 radical (unpaired) electrons. The molecule has 0 aromatic heterocycles. The van der Waals surface area contributed by atoms with E-state index < -0.39 is 0 Å². The second-order valence-electron chi connectivity index (χ2n) is 4.76. The van der Waals surface area contributed by atoms with Crippen molar-refractivity contribution in [1.29, 1.82) is 0 Å². The minimum Gasteiger partial charge on any atom is -0.409 e. The molecule has 21 heavy (non-hydrogen) atoms. The van der Waals surface area contributed by atoms with Gasteiger partial charge in [0.2, 0.25) is 0 Å². The van der Waals surface area contributed by atoms with Crippen molar-refractivity contribution in [1.82, 2.24) is 4.90 Å². The van der Waals surface area contributed by atoms with E-state index in [0.29, 0.717) is 10.8 Å². The van der Waals surface area contributed by atoms with Gasteiger partial charge in [0.15, 0.2) is 0 Å². The molecule has 1 aromatic rings. The number of ether oxygens (including phenoxy) is 1. The monoisotopic (exact) mass is 306 g/mol. The summed E-state index contributed by atoms with van der Waals surface area (Å²) >= 11 is 6.05. The Bertz CT molecular complexity index is 576. The van der Waals surface area contributed by atoms with Gasteiger partial charge in [0.1, 0.15) is 5.75 Å². The number of carbonyl (C=O) groups is 1. The molecule has 1 saturated heterocycles. The SMILES string of the molecule is CC=N/C(=C\C)c1cc(Cl)ccc1OC(=O)N1CCCC1. The zero-order valence-electron chi connectivity index (χ0n) is 12.3. The van der Waals surface area contributed by atoms with Crippen LogP contribution < -0.4 is 4.74 Å². The lowest BCUT2D eigenvalue weighted by atomic mass is 10.1. The summed E-state index contributed by atoms with van der Waals surface area (Å²) in [6.07, 6.45) is 5.30. The van der Waals surface area contributed by atoms with Crippen LogP contribution in [-0.2, 0) is 0 Å². The van der Waals surface area contributed by atoms with E-state index in [0.717, 1.165) is 37.2 Å². The maximum Gasteiger partial charge on any atom is 0.415 e. The Morgan fingerprint density at radius 2 is 2.05 bits per heavy atom. The number of benzene rings is 1. The number of carbonyl (C=O) groups excluding carboxylic acids is 1. The fourth-order valence-electron chi connectivity index (χ4n) is 2.29. The second kappa shape index (κ2) is 7.27. The molecule has 1 fully saturated rings. The van der Waals surface area contributed by atoms with Crippen molar-refractivity contribution in [2.75, 3.05) is 13.1 Å². The molecule has 112 valence electrons. The van der Waals surface area contributed by atoms with Crippen LogP contribution in [0.3, 0.4) is 0 Å². The van der Waals surface area contributed by atoms with Gasteiger partial charge in [0, 0.05) is 29.9 Å². The summed E-state index contributed by atoms with van der Waals surface area (Å²) in [5, 5.41) is 0.580. The Labute approximate surface area is 130 Å². The van der Waals surface area contributed by atoms with Crippen molar-refractivity contribution in [2.45, 2.75) is 26.7 Å². The van der Waals surface area contributed by atoms with Crippen molar-refractivity contribution in [3.05, 3.63) is 34.9 Å². The highest BCUT2D eigenvalue weighted by Gasteiger charge is 2.21. The van der Waals surface area contributed by atoms with Crippen LogP contribution in [0.25, 0.3) is 5.70 Å². The van der Waals surface area contributed by atoms with E-state index in [-0.39, 0.29) is 6.09 Å². The minimum absolute atomic E-state index is 0.313. The number of amides is 1. The molecule has 1 aliphatic rings. The number of likely N-dealkylation sites (tertiary alicyclic amines) is 1. The van der Waals surface area contributed by atoms with Crippen molar-refractivity contribution < 1.29 is 9.53 Å². The molecule has 0 bridgehead atoms. The highest BCUT2D eigenvalue weighted by molar-refractivity contribution is 6.30. The Hall–Kier alpha value is -1.81. The van der Waals surface area contributed by atoms with Gasteiger partial charge in [-0.25, -0.2) is 4.79 Å².